The molecule has 0 aliphatic carbocycles. The van der Waals surface area contributed by atoms with Crippen LogP contribution in [0.4, 0.5) is 17.6 Å². The molecular weight excluding hydrogens is 492 g/mol. The van der Waals surface area contributed by atoms with Gasteiger partial charge >= 0.3 is 6.18 Å². The molecule has 7 nitrogen and oxygen atoms in total. The average Bonchev–Trinajstić information content (AvgIpc) is 3.65. The van der Waals surface area contributed by atoms with Gasteiger partial charge in [0.25, 0.3) is 0 Å². The minimum Gasteiger partial charge on any atom is -0.487 e. The summed E-state index contributed by atoms with van der Waals surface area (Å²) in [7, 11) is 0. The molecule has 3 heterocycles. The van der Waals surface area contributed by atoms with Gasteiger partial charge in [-0.3, -0.25) is 0 Å². The summed E-state index contributed by atoms with van der Waals surface area (Å²) in [6, 6.07) is 9.45. The van der Waals surface area contributed by atoms with Gasteiger partial charge in [-0.1, -0.05) is 6.07 Å². The smallest absolute Gasteiger partial charge is 0.416 e. The highest BCUT2D eigenvalue weighted by atomic mass is 19.4. The molecule has 0 fully saturated rings. The number of alkyl halides is 3. The number of aromatic nitrogens is 4. The Morgan fingerprint density at radius 1 is 0.946 bits per heavy atom. The van der Waals surface area contributed by atoms with Crippen molar-refractivity contribution in [2.45, 2.75) is 19.2 Å². The first kappa shape index (κ1) is 24.0. The zero-order valence-corrected chi connectivity index (χ0v) is 19.0. The van der Waals surface area contributed by atoms with Gasteiger partial charge in [0.15, 0.2) is 0 Å². The first-order chi connectivity index (χ1) is 17.8. The minimum atomic E-state index is -4.61. The summed E-state index contributed by atoms with van der Waals surface area (Å²) in [5, 5.41) is 0. The second-order valence-electron chi connectivity index (χ2n) is 7.91. The molecule has 2 aromatic carbocycles. The average molecular weight is 510 g/mol. The molecule has 0 spiro atoms. The Morgan fingerprint density at radius 3 is 2.49 bits per heavy atom. The lowest BCUT2D eigenvalue weighted by Crippen LogP contribution is -2.05. The van der Waals surface area contributed by atoms with Gasteiger partial charge in [0.05, 0.1) is 17.7 Å². The third-order valence-electron chi connectivity index (χ3n) is 5.25. The van der Waals surface area contributed by atoms with E-state index in [1.54, 1.807) is 30.8 Å². The predicted octanol–water partition coefficient (Wildman–Crippen LogP) is 6.55. The van der Waals surface area contributed by atoms with Crippen molar-refractivity contribution in [3.8, 4) is 17.2 Å². The molecule has 0 amide bonds. The van der Waals surface area contributed by atoms with E-state index in [-0.39, 0.29) is 18.1 Å². The number of nitrogens with one attached hydrogen (secondary N) is 1. The maximum Gasteiger partial charge on any atom is 0.416 e. The number of nitrogens with zero attached hydrogens (tertiary/aromatic N) is 3. The molecule has 0 atom stereocenters. The second-order valence-corrected chi connectivity index (χ2v) is 7.91. The summed E-state index contributed by atoms with van der Waals surface area (Å²) >= 11 is 0. The third-order valence-corrected chi connectivity index (χ3v) is 5.25. The van der Waals surface area contributed by atoms with E-state index in [1.807, 2.05) is 12.1 Å². The van der Waals surface area contributed by atoms with E-state index in [9.17, 15) is 17.6 Å². The summed E-state index contributed by atoms with van der Waals surface area (Å²) < 4.78 is 68.6. The van der Waals surface area contributed by atoms with Gasteiger partial charge in [-0.15, -0.1) is 0 Å². The Kier molecular flexibility index (Phi) is 6.59. The van der Waals surface area contributed by atoms with Gasteiger partial charge in [-0.05, 0) is 42.5 Å². The number of rotatable bonds is 8. The summed E-state index contributed by atoms with van der Waals surface area (Å²) in [5.41, 5.74) is 0.931. The monoisotopic (exact) mass is 510 g/mol. The topological polar surface area (TPSA) is 90.0 Å². The van der Waals surface area contributed by atoms with Crippen molar-refractivity contribution >= 4 is 12.2 Å². The van der Waals surface area contributed by atoms with E-state index in [0.29, 0.717) is 29.8 Å². The zero-order chi connectivity index (χ0) is 25.8. The maximum atomic E-state index is 14.0. The molecule has 37 heavy (non-hydrogen) atoms. The SMILES string of the molecule is Fc1cc(C(F)(F)F)ccc1C=Cc1nc(COc2ccc(-c3nc(Cc4ncc[nH]4)co3)cc2)co1. The zero-order valence-electron chi connectivity index (χ0n) is 19.0. The standard InChI is InChI=1S/C26H18F4N4O3/c27-22-11-18(26(28,29)30)5-1-16(22)4-8-24-33-20(15-36-24)14-35-21-6-2-17(3-7-21)25-34-19(13-37-25)12-23-31-9-10-32-23/h1-11,13,15H,12,14H2,(H,31,32). The fraction of sp³-hybridized carbons (Fsp3) is 0.115. The molecule has 0 saturated carbocycles. The highest BCUT2D eigenvalue weighted by Crippen LogP contribution is 2.30. The number of benzene rings is 2. The Balaban J connectivity index is 1.16. The van der Waals surface area contributed by atoms with Gasteiger partial charge in [0.2, 0.25) is 11.8 Å². The van der Waals surface area contributed by atoms with Gasteiger partial charge in [0, 0.05) is 29.6 Å². The first-order valence-electron chi connectivity index (χ1n) is 11.0. The normalized spacial score (nSPS) is 11.9. The molecule has 0 aliphatic heterocycles. The maximum absolute atomic E-state index is 14.0. The van der Waals surface area contributed by atoms with Gasteiger partial charge in [-0.25, -0.2) is 19.3 Å². The second kappa shape index (κ2) is 10.1. The minimum absolute atomic E-state index is 0.0248. The van der Waals surface area contributed by atoms with E-state index in [1.165, 1.54) is 18.4 Å². The van der Waals surface area contributed by atoms with Crippen molar-refractivity contribution < 1.29 is 31.1 Å². The number of hydrogen-bond acceptors (Lipinski definition) is 6. The number of H-pyrrole nitrogens is 1. The molecule has 0 bridgehead atoms. The van der Waals surface area contributed by atoms with Crippen LogP contribution in [0.2, 0.25) is 0 Å². The van der Waals surface area contributed by atoms with Crippen LogP contribution < -0.4 is 4.74 Å². The fourth-order valence-corrected chi connectivity index (χ4v) is 3.40. The van der Waals surface area contributed by atoms with Crippen LogP contribution in [0, 0.1) is 5.82 Å². The molecule has 0 aliphatic rings. The van der Waals surface area contributed by atoms with Crippen molar-refractivity contribution in [2.75, 3.05) is 0 Å². The lowest BCUT2D eigenvalue weighted by molar-refractivity contribution is -0.137. The number of halogens is 4. The van der Waals surface area contributed by atoms with Crippen LogP contribution in [0.1, 0.15) is 34.2 Å². The molecule has 0 unspecified atom stereocenters. The Hall–Kier alpha value is -4.67. The summed E-state index contributed by atoms with van der Waals surface area (Å²) in [4.78, 5) is 15.9. The van der Waals surface area contributed by atoms with Gasteiger partial charge in [-0.2, -0.15) is 13.2 Å². The van der Waals surface area contributed by atoms with Crippen LogP contribution in [0.5, 0.6) is 5.75 Å². The molecule has 0 saturated heterocycles. The summed E-state index contributed by atoms with van der Waals surface area (Å²) in [6.07, 6.45) is 4.96. The molecule has 5 rings (SSSR count). The van der Waals surface area contributed by atoms with Crippen molar-refractivity contribution in [1.82, 2.24) is 19.9 Å². The molecule has 0 radical (unpaired) electrons. The van der Waals surface area contributed by atoms with E-state index in [2.05, 4.69) is 19.9 Å². The van der Waals surface area contributed by atoms with Crippen molar-refractivity contribution in [3.05, 3.63) is 107 Å². The Morgan fingerprint density at radius 2 is 1.76 bits per heavy atom. The largest absolute Gasteiger partial charge is 0.487 e. The predicted molar refractivity (Wildman–Crippen MR) is 124 cm³/mol. The first-order valence-corrected chi connectivity index (χ1v) is 11.0. The summed E-state index contributed by atoms with van der Waals surface area (Å²) in [6.45, 7) is 0.109. The number of ether oxygens (including phenoxy) is 1. The van der Waals surface area contributed by atoms with Crippen LogP contribution >= 0.6 is 0 Å². The molecule has 3 aromatic heterocycles. The molecule has 1 N–H and O–H groups in total. The fourth-order valence-electron chi connectivity index (χ4n) is 3.40. The van der Waals surface area contributed by atoms with Crippen LogP contribution in [0.3, 0.4) is 0 Å². The Labute approximate surface area is 207 Å². The number of aromatic amines is 1. The highest BCUT2D eigenvalue weighted by molar-refractivity contribution is 5.66. The molecule has 11 heteroatoms. The van der Waals surface area contributed by atoms with E-state index < -0.39 is 17.6 Å². The third kappa shape index (κ3) is 5.95. The van der Waals surface area contributed by atoms with Crippen LogP contribution in [-0.4, -0.2) is 19.9 Å². The van der Waals surface area contributed by atoms with Crippen LogP contribution in [0.15, 0.2) is 76.2 Å². The molecule has 188 valence electrons. The van der Waals surface area contributed by atoms with Crippen LogP contribution in [0.25, 0.3) is 23.6 Å². The Bertz CT molecular complexity index is 1500. The van der Waals surface area contributed by atoms with E-state index >= 15 is 0 Å². The van der Waals surface area contributed by atoms with Crippen molar-refractivity contribution in [2.24, 2.45) is 0 Å². The quantitative estimate of drug-likeness (QED) is 0.238. The van der Waals surface area contributed by atoms with Crippen molar-refractivity contribution in [3.63, 3.8) is 0 Å². The lowest BCUT2D eigenvalue weighted by atomic mass is 10.1. The van der Waals surface area contributed by atoms with Gasteiger partial charge in [0.1, 0.15) is 42.2 Å². The number of hydrogen-bond donors (Lipinski definition) is 1. The number of oxazole rings is 2. The van der Waals surface area contributed by atoms with E-state index in [0.717, 1.165) is 29.2 Å². The van der Waals surface area contributed by atoms with Crippen LogP contribution in [-0.2, 0) is 19.2 Å². The number of imidazole rings is 1. The van der Waals surface area contributed by atoms with Crippen molar-refractivity contribution in [1.29, 1.82) is 0 Å². The summed E-state index contributed by atoms with van der Waals surface area (Å²) in [5.74, 6) is 1.01. The molecule has 5 aromatic rings. The van der Waals surface area contributed by atoms with Gasteiger partial charge < -0.3 is 18.6 Å². The lowest BCUT2D eigenvalue weighted by Gasteiger charge is -2.07. The highest BCUT2D eigenvalue weighted by Gasteiger charge is 2.31. The van der Waals surface area contributed by atoms with E-state index in [4.69, 9.17) is 13.6 Å². The molecular formula is C26H18F4N4O3.